The minimum absolute atomic E-state index is 0.474. The molecular weight excluding hydrogens is 210 g/mol. The van der Waals surface area contributed by atoms with E-state index in [4.69, 9.17) is 10.5 Å². The number of nitrogens with two attached hydrogens (primary N) is 1. The molecule has 1 fully saturated rings. The summed E-state index contributed by atoms with van der Waals surface area (Å²) in [5.74, 6) is 0.820. The Morgan fingerprint density at radius 2 is 1.82 bits per heavy atom. The summed E-state index contributed by atoms with van der Waals surface area (Å²) in [6.07, 6.45) is 9.23. The van der Waals surface area contributed by atoms with Crippen LogP contribution in [0.2, 0.25) is 0 Å². The topological polar surface area (TPSA) is 35.2 Å². The molecule has 2 atom stereocenters. The molecule has 2 heteroatoms. The number of hydrogen-bond donors (Lipinski definition) is 1. The van der Waals surface area contributed by atoms with Crippen LogP contribution < -0.4 is 5.73 Å². The van der Waals surface area contributed by atoms with Crippen molar-refractivity contribution in [3.05, 3.63) is 0 Å². The van der Waals surface area contributed by atoms with Crippen LogP contribution in [0.5, 0.6) is 0 Å². The highest BCUT2D eigenvalue weighted by atomic mass is 16.5. The minimum atomic E-state index is 0.474. The Morgan fingerprint density at radius 3 is 2.47 bits per heavy atom. The third kappa shape index (κ3) is 6.42. The predicted octanol–water partition coefficient (Wildman–Crippen LogP) is 3.74. The van der Waals surface area contributed by atoms with Crippen molar-refractivity contribution in [2.45, 2.75) is 71.8 Å². The molecule has 2 unspecified atom stereocenters. The standard InChI is InChI=1S/C15H31NO/c1-13-10-14(12-15(2,3)11-13)17-9-7-5-4-6-8-16/h13-14H,4-12,16H2,1-3H3. The lowest BCUT2D eigenvalue weighted by atomic mass is 9.71. The van der Waals surface area contributed by atoms with Gasteiger partial charge in [-0.3, -0.25) is 0 Å². The van der Waals surface area contributed by atoms with Gasteiger partial charge in [0.15, 0.2) is 0 Å². The van der Waals surface area contributed by atoms with E-state index in [2.05, 4.69) is 20.8 Å². The van der Waals surface area contributed by atoms with Crippen molar-refractivity contribution in [3.63, 3.8) is 0 Å². The molecule has 1 saturated carbocycles. The van der Waals surface area contributed by atoms with Crippen LogP contribution in [0.3, 0.4) is 0 Å². The van der Waals surface area contributed by atoms with Crippen molar-refractivity contribution in [3.8, 4) is 0 Å². The largest absolute Gasteiger partial charge is 0.378 e. The Kier molecular flexibility index (Phi) is 6.50. The molecule has 1 rings (SSSR count). The molecule has 0 aliphatic heterocycles. The Balaban J connectivity index is 2.10. The molecule has 2 nitrogen and oxygen atoms in total. The summed E-state index contributed by atoms with van der Waals surface area (Å²) in [7, 11) is 0. The molecule has 102 valence electrons. The first-order valence-corrected chi connectivity index (χ1v) is 7.35. The predicted molar refractivity (Wildman–Crippen MR) is 74.1 cm³/mol. The maximum Gasteiger partial charge on any atom is 0.0582 e. The summed E-state index contributed by atoms with van der Waals surface area (Å²) < 4.78 is 6.04. The van der Waals surface area contributed by atoms with Gasteiger partial charge in [0.2, 0.25) is 0 Å². The summed E-state index contributed by atoms with van der Waals surface area (Å²) in [6, 6.07) is 0. The van der Waals surface area contributed by atoms with Crippen molar-refractivity contribution in [1.82, 2.24) is 0 Å². The fraction of sp³-hybridized carbons (Fsp3) is 1.00. The average Bonchev–Trinajstić information content (AvgIpc) is 2.20. The molecular formula is C15H31NO. The van der Waals surface area contributed by atoms with Gasteiger partial charge in [0, 0.05) is 6.61 Å². The van der Waals surface area contributed by atoms with Crippen LogP contribution in [0.25, 0.3) is 0 Å². The van der Waals surface area contributed by atoms with Crippen molar-refractivity contribution < 1.29 is 4.74 Å². The first kappa shape index (κ1) is 15.0. The highest BCUT2D eigenvalue weighted by Crippen LogP contribution is 2.39. The third-order valence-corrected chi connectivity index (χ3v) is 3.80. The van der Waals surface area contributed by atoms with Gasteiger partial charge in [0.05, 0.1) is 6.10 Å². The van der Waals surface area contributed by atoms with Gasteiger partial charge in [-0.25, -0.2) is 0 Å². The van der Waals surface area contributed by atoms with Gasteiger partial charge in [0.1, 0.15) is 0 Å². The molecule has 1 aliphatic rings. The summed E-state index contributed by atoms with van der Waals surface area (Å²) >= 11 is 0. The van der Waals surface area contributed by atoms with E-state index < -0.39 is 0 Å². The van der Waals surface area contributed by atoms with Gasteiger partial charge in [0.25, 0.3) is 0 Å². The van der Waals surface area contributed by atoms with E-state index in [1.807, 2.05) is 0 Å². The van der Waals surface area contributed by atoms with E-state index in [0.29, 0.717) is 11.5 Å². The second kappa shape index (κ2) is 7.38. The second-order valence-corrected chi connectivity index (χ2v) is 6.61. The molecule has 0 spiro atoms. The minimum Gasteiger partial charge on any atom is -0.378 e. The van der Waals surface area contributed by atoms with Crippen molar-refractivity contribution in [2.75, 3.05) is 13.2 Å². The molecule has 0 radical (unpaired) electrons. The van der Waals surface area contributed by atoms with E-state index in [0.717, 1.165) is 25.5 Å². The molecule has 0 amide bonds. The Hall–Kier alpha value is -0.0800. The molecule has 0 heterocycles. The molecule has 1 aliphatic carbocycles. The molecule has 0 aromatic heterocycles. The normalized spacial score (nSPS) is 28.2. The maximum absolute atomic E-state index is 6.04. The molecule has 0 saturated heterocycles. The van der Waals surface area contributed by atoms with Crippen molar-refractivity contribution >= 4 is 0 Å². The Bertz CT molecular complexity index is 203. The first-order chi connectivity index (χ1) is 8.03. The van der Waals surface area contributed by atoms with Crippen molar-refractivity contribution in [2.24, 2.45) is 17.1 Å². The lowest BCUT2D eigenvalue weighted by Gasteiger charge is -2.38. The fourth-order valence-corrected chi connectivity index (χ4v) is 3.24. The Morgan fingerprint density at radius 1 is 1.12 bits per heavy atom. The van der Waals surface area contributed by atoms with Crippen LogP contribution in [-0.2, 0) is 4.74 Å². The summed E-state index contributed by atoms with van der Waals surface area (Å²) in [5.41, 5.74) is 5.95. The average molecular weight is 241 g/mol. The number of unbranched alkanes of at least 4 members (excludes halogenated alkanes) is 3. The summed E-state index contributed by atoms with van der Waals surface area (Å²) in [4.78, 5) is 0. The second-order valence-electron chi connectivity index (χ2n) is 6.61. The van der Waals surface area contributed by atoms with Gasteiger partial charge in [-0.05, 0) is 50.0 Å². The van der Waals surface area contributed by atoms with Crippen LogP contribution in [0.15, 0.2) is 0 Å². The Labute approximate surface area is 107 Å². The first-order valence-electron chi connectivity index (χ1n) is 7.35. The van der Waals surface area contributed by atoms with Gasteiger partial charge in [-0.15, -0.1) is 0 Å². The van der Waals surface area contributed by atoms with Gasteiger partial charge in [-0.2, -0.15) is 0 Å². The lowest BCUT2D eigenvalue weighted by molar-refractivity contribution is -0.0240. The summed E-state index contributed by atoms with van der Waals surface area (Å²) in [5, 5.41) is 0. The lowest BCUT2D eigenvalue weighted by Crippen LogP contribution is -2.32. The molecule has 0 aromatic carbocycles. The zero-order chi connectivity index (χ0) is 12.7. The highest BCUT2D eigenvalue weighted by molar-refractivity contribution is 4.83. The van der Waals surface area contributed by atoms with Gasteiger partial charge >= 0.3 is 0 Å². The van der Waals surface area contributed by atoms with E-state index >= 15 is 0 Å². The van der Waals surface area contributed by atoms with Crippen LogP contribution in [0, 0.1) is 11.3 Å². The van der Waals surface area contributed by atoms with Crippen molar-refractivity contribution in [1.29, 1.82) is 0 Å². The zero-order valence-electron chi connectivity index (χ0n) is 12.0. The smallest absolute Gasteiger partial charge is 0.0582 e. The fourth-order valence-electron chi connectivity index (χ4n) is 3.24. The quantitative estimate of drug-likeness (QED) is 0.689. The SMILES string of the molecule is CC1CC(OCCCCCCN)CC(C)(C)C1. The highest BCUT2D eigenvalue weighted by Gasteiger charge is 2.32. The van der Waals surface area contributed by atoms with E-state index in [-0.39, 0.29) is 0 Å². The molecule has 0 aromatic rings. The third-order valence-electron chi connectivity index (χ3n) is 3.80. The van der Waals surface area contributed by atoms with E-state index in [1.54, 1.807) is 0 Å². The van der Waals surface area contributed by atoms with Crippen LogP contribution in [0.4, 0.5) is 0 Å². The number of rotatable bonds is 7. The molecule has 0 bridgehead atoms. The number of ether oxygens (including phenoxy) is 1. The van der Waals surface area contributed by atoms with Crippen LogP contribution in [0.1, 0.15) is 65.7 Å². The molecule has 2 N–H and O–H groups in total. The molecule has 17 heavy (non-hydrogen) atoms. The zero-order valence-corrected chi connectivity index (χ0v) is 12.0. The van der Waals surface area contributed by atoms with Gasteiger partial charge in [-0.1, -0.05) is 33.6 Å². The van der Waals surface area contributed by atoms with E-state index in [1.165, 1.54) is 38.5 Å². The maximum atomic E-state index is 6.04. The summed E-state index contributed by atoms with van der Waals surface area (Å²) in [6.45, 7) is 8.88. The van der Waals surface area contributed by atoms with E-state index in [9.17, 15) is 0 Å². The van der Waals surface area contributed by atoms with Crippen LogP contribution in [-0.4, -0.2) is 19.3 Å². The monoisotopic (exact) mass is 241 g/mol. The van der Waals surface area contributed by atoms with Crippen LogP contribution >= 0.6 is 0 Å². The number of hydrogen-bond acceptors (Lipinski definition) is 2. The van der Waals surface area contributed by atoms with Gasteiger partial charge < -0.3 is 10.5 Å².